The van der Waals surface area contributed by atoms with Crippen molar-refractivity contribution in [1.29, 1.82) is 0 Å². The number of hydrogen-bond acceptors (Lipinski definition) is 5. The van der Waals surface area contributed by atoms with Crippen molar-refractivity contribution in [3.05, 3.63) is 41.8 Å². The van der Waals surface area contributed by atoms with Crippen LogP contribution in [0.4, 0.5) is 0 Å². The average Bonchev–Trinajstić information content (AvgIpc) is 2.98. The van der Waals surface area contributed by atoms with Gasteiger partial charge in [-0.15, -0.1) is 11.3 Å². The molecular weight excluding hydrogens is 268 g/mol. The van der Waals surface area contributed by atoms with E-state index in [2.05, 4.69) is 37.8 Å². The van der Waals surface area contributed by atoms with Crippen LogP contribution >= 0.6 is 11.3 Å². The van der Waals surface area contributed by atoms with Gasteiger partial charge >= 0.3 is 0 Å². The topological polar surface area (TPSA) is 50.7 Å². The second-order valence-corrected chi connectivity index (χ2v) is 5.87. The van der Waals surface area contributed by atoms with Crippen LogP contribution in [0.2, 0.25) is 0 Å². The van der Waals surface area contributed by atoms with Crippen molar-refractivity contribution >= 4 is 11.3 Å². The van der Waals surface area contributed by atoms with Gasteiger partial charge in [-0.05, 0) is 31.7 Å². The fourth-order valence-electron chi connectivity index (χ4n) is 2.36. The van der Waals surface area contributed by atoms with Gasteiger partial charge in [0.25, 0.3) is 0 Å². The van der Waals surface area contributed by atoms with Gasteiger partial charge in [0.15, 0.2) is 0 Å². The van der Waals surface area contributed by atoms with E-state index < -0.39 is 0 Å². The van der Waals surface area contributed by atoms with E-state index in [1.165, 1.54) is 19.3 Å². The fraction of sp³-hybridized carbons (Fsp3) is 0.400. The molecule has 5 heteroatoms. The van der Waals surface area contributed by atoms with E-state index in [1.54, 1.807) is 29.9 Å². The molecule has 20 heavy (non-hydrogen) atoms. The van der Waals surface area contributed by atoms with Gasteiger partial charge in [0, 0.05) is 24.3 Å². The highest BCUT2D eigenvalue weighted by atomic mass is 32.1. The van der Waals surface area contributed by atoms with Crippen LogP contribution in [0.25, 0.3) is 10.7 Å². The summed E-state index contributed by atoms with van der Waals surface area (Å²) in [6.07, 6.45) is 13.4. The molecule has 0 radical (unpaired) electrons. The molecule has 0 bridgehead atoms. The molecule has 0 aromatic carbocycles. The molecule has 104 valence electrons. The lowest BCUT2D eigenvalue weighted by Gasteiger charge is -2.17. The van der Waals surface area contributed by atoms with Gasteiger partial charge in [-0.25, -0.2) is 4.98 Å². The molecule has 1 aliphatic carbocycles. The average molecular weight is 286 g/mol. The van der Waals surface area contributed by atoms with Gasteiger partial charge in [-0.3, -0.25) is 9.97 Å². The summed E-state index contributed by atoms with van der Waals surface area (Å²) in [5, 5.41) is 6.55. The van der Waals surface area contributed by atoms with E-state index in [4.69, 9.17) is 0 Å². The molecule has 0 saturated heterocycles. The van der Waals surface area contributed by atoms with Crippen LogP contribution in [0.3, 0.4) is 0 Å². The van der Waals surface area contributed by atoms with Crippen molar-refractivity contribution in [2.45, 2.75) is 25.8 Å². The highest BCUT2D eigenvalue weighted by Gasteiger charge is 2.10. The van der Waals surface area contributed by atoms with Gasteiger partial charge in [-0.1, -0.05) is 12.2 Å². The second-order valence-electron chi connectivity index (χ2n) is 5.02. The Balaban J connectivity index is 1.51. The number of aromatic nitrogens is 3. The Hall–Kier alpha value is -1.59. The van der Waals surface area contributed by atoms with Crippen LogP contribution < -0.4 is 5.32 Å². The normalized spacial score (nSPS) is 18.3. The Labute approximate surface area is 123 Å². The first kappa shape index (κ1) is 13.4. The van der Waals surface area contributed by atoms with Gasteiger partial charge < -0.3 is 5.32 Å². The quantitative estimate of drug-likeness (QED) is 0.858. The maximum atomic E-state index is 4.60. The van der Waals surface area contributed by atoms with Gasteiger partial charge in [-0.2, -0.15) is 0 Å². The zero-order valence-electron chi connectivity index (χ0n) is 11.3. The summed E-state index contributed by atoms with van der Waals surface area (Å²) in [5.74, 6) is 0.776. The molecule has 3 rings (SSSR count). The van der Waals surface area contributed by atoms with E-state index >= 15 is 0 Å². The Morgan fingerprint density at radius 1 is 1.30 bits per heavy atom. The summed E-state index contributed by atoms with van der Waals surface area (Å²) in [5.41, 5.74) is 1.93. The van der Waals surface area contributed by atoms with E-state index in [9.17, 15) is 0 Å². The summed E-state index contributed by atoms with van der Waals surface area (Å²) >= 11 is 1.62. The third kappa shape index (κ3) is 3.49. The highest BCUT2D eigenvalue weighted by Crippen LogP contribution is 2.21. The molecule has 1 aliphatic rings. The molecule has 1 unspecified atom stereocenters. The number of rotatable bonds is 5. The lowest BCUT2D eigenvalue weighted by molar-refractivity contribution is 0.439. The molecule has 2 aromatic rings. The van der Waals surface area contributed by atoms with Crippen LogP contribution in [0.15, 0.2) is 36.1 Å². The van der Waals surface area contributed by atoms with E-state index in [-0.39, 0.29) is 0 Å². The monoisotopic (exact) mass is 286 g/mol. The number of nitrogens with zero attached hydrogens (tertiary/aromatic N) is 3. The summed E-state index contributed by atoms with van der Waals surface area (Å²) in [6, 6.07) is 0. The molecular formula is C15H18N4S. The predicted octanol–water partition coefficient (Wildman–Crippen LogP) is 3.05. The van der Waals surface area contributed by atoms with Crippen molar-refractivity contribution in [2.75, 3.05) is 6.54 Å². The third-order valence-corrected chi connectivity index (χ3v) is 4.36. The first-order valence-electron chi connectivity index (χ1n) is 6.98. The number of nitrogens with one attached hydrogen (secondary N) is 1. The summed E-state index contributed by atoms with van der Waals surface area (Å²) in [7, 11) is 0. The SMILES string of the molecule is C1=CCC(CNCc2csc(-c3cnccn3)n2)CC1. The number of hydrogen-bond donors (Lipinski definition) is 1. The largest absolute Gasteiger partial charge is 0.311 e. The Kier molecular flexibility index (Phi) is 4.50. The van der Waals surface area contributed by atoms with Crippen LogP contribution in [0.5, 0.6) is 0 Å². The lowest BCUT2D eigenvalue weighted by Crippen LogP contribution is -2.23. The van der Waals surface area contributed by atoms with Crippen molar-refractivity contribution in [2.24, 2.45) is 5.92 Å². The number of thiazole rings is 1. The molecule has 2 aromatic heterocycles. The molecule has 0 aliphatic heterocycles. The maximum Gasteiger partial charge on any atom is 0.143 e. The van der Waals surface area contributed by atoms with Gasteiger partial charge in [0.2, 0.25) is 0 Å². The molecule has 1 atom stereocenters. The zero-order chi connectivity index (χ0) is 13.6. The van der Waals surface area contributed by atoms with E-state index in [0.717, 1.165) is 35.4 Å². The van der Waals surface area contributed by atoms with Gasteiger partial charge in [0.05, 0.1) is 11.9 Å². The van der Waals surface area contributed by atoms with Crippen LogP contribution in [0, 0.1) is 5.92 Å². The summed E-state index contributed by atoms with van der Waals surface area (Å²) in [6.45, 7) is 1.90. The molecule has 0 amide bonds. The van der Waals surface area contributed by atoms with Crippen LogP contribution in [-0.2, 0) is 6.54 Å². The first-order chi connectivity index (χ1) is 9.92. The minimum absolute atomic E-state index is 0.776. The van der Waals surface area contributed by atoms with Crippen molar-refractivity contribution in [1.82, 2.24) is 20.3 Å². The molecule has 2 heterocycles. The van der Waals surface area contributed by atoms with Crippen molar-refractivity contribution in [3.63, 3.8) is 0 Å². The molecule has 1 N–H and O–H groups in total. The van der Waals surface area contributed by atoms with E-state index in [0.29, 0.717) is 0 Å². The molecule has 4 nitrogen and oxygen atoms in total. The minimum Gasteiger partial charge on any atom is -0.311 e. The van der Waals surface area contributed by atoms with Crippen LogP contribution in [0.1, 0.15) is 25.0 Å². The standard InChI is InChI=1S/C15H18N4S/c1-2-4-12(5-3-1)8-17-9-13-11-20-15(19-13)14-10-16-6-7-18-14/h1-2,6-7,10-12,17H,3-5,8-9H2. The van der Waals surface area contributed by atoms with Crippen molar-refractivity contribution in [3.8, 4) is 10.7 Å². The minimum atomic E-state index is 0.776. The summed E-state index contributed by atoms with van der Waals surface area (Å²) < 4.78 is 0. The Bertz CT molecular complexity index is 564. The van der Waals surface area contributed by atoms with Gasteiger partial charge in [0.1, 0.15) is 10.7 Å². The maximum absolute atomic E-state index is 4.60. The smallest absolute Gasteiger partial charge is 0.143 e. The fourth-order valence-corrected chi connectivity index (χ4v) is 3.14. The molecule has 0 fully saturated rings. The van der Waals surface area contributed by atoms with Crippen molar-refractivity contribution < 1.29 is 0 Å². The predicted molar refractivity (Wildman–Crippen MR) is 81.3 cm³/mol. The van der Waals surface area contributed by atoms with Crippen LogP contribution in [-0.4, -0.2) is 21.5 Å². The third-order valence-electron chi connectivity index (χ3n) is 3.45. The molecule has 0 saturated carbocycles. The Morgan fingerprint density at radius 2 is 2.30 bits per heavy atom. The lowest BCUT2D eigenvalue weighted by atomic mass is 9.94. The van der Waals surface area contributed by atoms with E-state index in [1.807, 2.05) is 0 Å². The highest BCUT2D eigenvalue weighted by molar-refractivity contribution is 7.13. The summed E-state index contributed by atoms with van der Waals surface area (Å²) in [4.78, 5) is 13.0. The molecule has 0 spiro atoms. The second kappa shape index (κ2) is 6.72. The first-order valence-corrected chi connectivity index (χ1v) is 7.86. The number of allylic oxidation sites excluding steroid dienone is 2. The Morgan fingerprint density at radius 3 is 3.10 bits per heavy atom. The zero-order valence-corrected chi connectivity index (χ0v) is 12.1.